The molecule has 10 nitrogen and oxygen atoms in total. The molecule has 4 aromatic rings. The number of ether oxygens (including phenoxy) is 1. The quantitative estimate of drug-likeness (QED) is 0.287. The molecule has 10 heteroatoms. The minimum absolute atomic E-state index is 0.0442. The topological polar surface area (TPSA) is 118 Å². The summed E-state index contributed by atoms with van der Waals surface area (Å²) in [5.41, 5.74) is 3.11. The van der Waals surface area contributed by atoms with E-state index in [1.165, 1.54) is 11.8 Å². The third-order valence-electron chi connectivity index (χ3n) is 7.69. The van der Waals surface area contributed by atoms with Gasteiger partial charge in [0.1, 0.15) is 23.3 Å². The molecule has 0 saturated heterocycles. The molecular formula is C32H36N6O4. The van der Waals surface area contributed by atoms with E-state index in [2.05, 4.69) is 20.9 Å². The van der Waals surface area contributed by atoms with Crippen LogP contribution in [0, 0.1) is 0 Å². The SMILES string of the molecule is COc1ccc(C(C(=O)NC2CCCCC2)N(C(=O)C(C)n2nnc3ccccc32)c2ccc(NC(C)=O)cc2)cc1. The molecule has 1 aromatic heterocycles. The molecule has 2 unspecified atom stereocenters. The zero-order valence-electron chi connectivity index (χ0n) is 24.1. The van der Waals surface area contributed by atoms with Crippen molar-refractivity contribution in [3.63, 3.8) is 0 Å². The van der Waals surface area contributed by atoms with Crippen LogP contribution in [0.15, 0.2) is 72.8 Å². The molecular weight excluding hydrogens is 532 g/mol. The van der Waals surface area contributed by atoms with Crippen LogP contribution >= 0.6 is 0 Å². The molecule has 1 aliphatic carbocycles. The molecule has 218 valence electrons. The zero-order valence-corrected chi connectivity index (χ0v) is 24.1. The van der Waals surface area contributed by atoms with Crippen LogP contribution in [0.5, 0.6) is 5.75 Å². The van der Waals surface area contributed by atoms with Gasteiger partial charge in [-0.05, 0) is 73.9 Å². The first-order valence-electron chi connectivity index (χ1n) is 14.3. The Hall–Kier alpha value is -4.73. The summed E-state index contributed by atoms with van der Waals surface area (Å²) in [4.78, 5) is 41.9. The molecule has 0 spiro atoms. The number of nitrogens with zero attached hydrogens (tertiary/aromatic N) is 4. The Labute approximate surface area is 245 Å². The number of benzene rings is 3. The number of hydrogen-bond donors (Lipinski definition) is 2. The molecule has 3 aromatic carbocycles. The standard InChI is InChI=1S/C32H36N6O4/c1-21(38-29-12-8-7-11-28(29)35-36-38)32(41)37(26-17-15-25(16-18-26)33-22(2)39)30(23-13-19-27(42-3)20-14-23)31(40)34-24-9-5-4-6-10-24/h7-8,11-21,24,30H,4-6,9-10H2,1-3H3,(H,33,39)(H,34,40). The Balaban J connectivity index is 1.60. The first-order valence-corrected chi connectivity index (χ1v) is 14.3. The Morgan fingerprint density at radius 3 is 2.31 bits per heavy atom. The van der Waals surface area contributed by atoms with Gasteiger partial charge in [0.2, 0.25) is 11.8 Å². The molecule has 5 rings (SSSR count). The lowest BCUT2D eigenvalue weighted by molar-refractivity contribution is -0.128. The fraction of sp³-hybridized carbons (Fsp3) is 0.344. The molecule has 2 N–H and O–H groups in total. The monoisotopic (exact) mass is 568 g/mol. The van der Waals surface area contributed by atoms with Crippen LogP contribution in [0.3, 0.4) is 0 Å². The highest BCUT2D eigenvalue weighted by atomic mass is 16.5. The lowest BCUT2D eigenvalue weighted by Gasteiger charge is -2.35. The Kier molecular flexibility index (Phi) is 8.80. The summed E-state index contributed by atoms with van der Waals surface area (Å²) in [6.07, 6.45) is 5.08. The van der Waals surface area contributed by atoms with Crippen LogP contribution in [0.2, 0.25) is 0 Å². The second-order valence-corrected chi connectivity index (χ2v) is 10.7. The summed E-state index contributed by atoms with van der Waals surface area (Å²) in [5.74, 6) is -0.157. The predicted octanol–water partition coefficient (Wildman–Crippen LogP) is 5.18. The van der Waals surface area contributed by atoms with Gasteiger partial charge in [0, 0.05) is 24.3 Å². The van der Waals surface area contributed by atoms with E-state index in [4.69, 9.17) is 4.74 Å². The summed E-state index contributed by atoms with van der Waals surface area (Å²) in [6, 6.07) is 19.8. The number of hydrogen-bond acceptors (Lipinski definition) is 6. The molecule has 1 saturated carbocycles. The highest BCUT2D eigenvalue weighted by molar-refractivity contribution is 6.03. The first kappa shape index (κ1) is 28.8. The van der Waals surface area contributed by atoms with Gasteiger partial charge in [-0.25, -0.2) is 4.68 Å². The second kappa shape index (κ2) is 12.8. The van der Waals surface area contributed by atoms with Crippen LogP contribution in [-0.2, 0) is 14.4 Å². The lowest BCUT2D eigenvalue weighted by Crippen LogP contribution is -2.48. The van der Waals surface area contributed by atoms with E-state index in [-0.39, 0.29) is 23.8 Å². The maximum Gasteiger partial charge on any atom is 0.252 e. The average molecular weight is 569 g/mol. The van der Waals surface area contributed by atoms with Crippen molar-refractivity contribution in [1.29, 1.82) is 0 Å². The van der Waals surface area contributed by atoms with Crippen molar-refractivity contribution >= 4 is 40.1 Å². The molecule has 1 aliphatic rings. The molecule has 1 heterocycles. The third kappa shape index (κ3) is 6.27. The van der Waals surface area contributed by atoms with Crippen LogP contribution in [0.25, 0.3) is 11.0 Å². The molecule has 0 aliphatic heterocycles. The number of para-hydroxylation sites is 1. The first-order chi connectivity index (χ1) is 20.4. The number of aromatic nitrogens is 3. The summed E-state index contributed by atoms with van der Waals surface area (Å²) >= 11 is 0. The number of carbonyl (C=O) groups excluding carboxylic acids is 3. The van der Waals surface area contributed by atoms with E-state index in [9.17, 15) is 14.4 Å². The van der Waals surface area contributed by atoms with E-state index in [0.29, 0.717) is 33.7 Å². The summed E-state index contributed by atoms with van der Waals surface area (Å²) in [5, 5.41) is 14.5. The van der Waals surface area contributed by atoms with Crippen molar-refractivity contribution in [2.24, 2.45) is 0 Å². The van der Waals surface area contributed by atoms with Gasteiger partial charge in [-0.1, -0.05) is 48.7 Å². The molecule has 0 radical (unpaired) electrons. The van der Waals surface area contributed by atoms with Crippen LogP contribution in [0.4, 0.5) is 11.4 Å². The maximum atomic E-state index is 14.5. The minimum atomic E-state index is -0.978. The van der Waals surface area contributed by atoms with Crippen LogP contribution < -0.4 is 20.3 Å². The van der Waals surface area contributed by atoms with E-state index in [1.807, 2.05) is 36.4 Å². The van der Waals surface area contributed by atoms with E-state index in [0.717, 1.165) is 32.1 Å². The predicted molar refractivity (Wildman–Crippen MR) is 161 cm³/mol. The van der Waals surface area contributed by atoms with Crippen molar-refractivity contribution in [3.05, 3.63) is 78.4 Å². The fourth-order valence-electron chi connectivity index (χ4n) is 5.52. The van der Waals surface area contributed by atoms with Crippen molar-refractivity contribution in [2.75, 3.05) is 17.3 Å². The molecule has 2 atom stereocenters. The highest BCUT2D eigenvalue weighted by Gasteiger charge is 2.37. The Morgan fingerprint density at radius 2 is 1.64 bits per heavy atom. The van der Waals surface area contributed by atoms with Crippen molar-refractivity contribution in [3.8, 4) is 5.75 Å². The number of rotatable bonds is 9. The largest absolute Gasteiger partial charge is 0.497 e. The number of methoxy groups -OCH3 is 1. The van der Waals surface area contributed by atoms with Gasteiger partial charge in [0.25, 0.3) is 5.91 Å². The van der Waals surface area contributed by atoms with Gasteiger partial charge in [0.05, 0.1) is 12.6 Å². The van der Waals surface area contributed by atoms with Crippen molar-refractivity contribution in [1.82, 2.24) is 20.3 Å². The third-order valence-corrected chi connectivity index (χ3v) is 7.69. The molecule has 42 heavy (non-hydrogen) atoms. The molecule has 3 amide bonds. The number of fused-ring (bicyclic) bond motifs is 1. The molecule has 1 fully saturated rings. The maximum absolute atomic E-state index is 14.5. The smallest absolute Gasteiger partial charge is 0.252 e. The Morgan fingerprint density at radius 1 is 0.952 bits per heavy atom. The zero-order chi connectivity index (χ0) is 29.6. The van der Waals surface area contributed by atoms with E-state index >= 15 is 0 Å². The van der Waals surface area contributed by atoms with Gasteiger partial charge in [-0.3, -0.25) is 19.3 Å². The van der Waals surface area contributed by atoms with Crippen LogP contribution in [0.1, 0.15) is 63.6 Å². The fourth-order valence-corrected chi connectivity index (χ4v) is 5.52. The van der Waals surface area contributed by atoms with Gasteiger partial charge in [-0.15, -0.1) is 5.10 Å². The second-order valence-electron chi connectivity index (χ2n) is 10.7. The van der Waals surface area contributed by atoms with Crippen molar-refractivity contribution in [2.45, 2.75) is 64.1 Å². The number of amides is 3. The Bertz CT molecular complexity index is 1540. The molecule has 0 bridgehead atoms. The van der Waals surface area contributed by atoms with Crippen LogP contribution in [-0.4, -0.2) is 45.9 Å². The normalized spacial score (nSPS) is 15.0. The van der Waals surface area contributed by atoms with Gasteiger partial charge < -0.3 is 15.4 Å². The summed E-state index contributed by atoms with van der Waals surface area (Å²) in [7, 11) is 1.58. The highest BCUT2D eigenvalue weighted by Crippen LogP contribution is 2.33. The van der Waals surface area contributed by atoms with Gasteiger partial charge in [0.15, 0.2) is 0 Å². The van der Waals surface area contributed by atoms with Gasteiger partial charge in [-0.2, -0.15) is 0 Å². The number of carbonyl (C=O) groups is 3. The van der Waals surface area contributed by atoms with Crippen molar-refractivity contribution < 1.29 is 19.1 Å². The number of nitrogens with one attached hydrogen (secondary N) is 2. The van der Waals surface area contributed by atoms with Gasteiger partial charge >= 0.3 is 0 Å². The average Bonchev–Trinajstić information content (AvgIpc) is 3.44. The minimum Gasteiger partial charge on any atom is -0.497 e. The van der Waals surface area contributed by atoms with E-state index < -0.39 is 12.1 Å². The summed E-state index contributed by atoms with van der Waals surface area (Å²) < 4.78 is 6.95. The van der Waals surface area contributed by atoms with E-state index in [1.54, 1.807) is 55.1 Å². The summed E-state index contributed by atoms with van der Waals surface area (Å²) in [6.45, 7) is 3.19. The lowest BCUT2D eigenvalue weighted by atomic mass is 9.94. The number of anilines is 2.